The van der Waals surface area contributed by atoms with Crippen LogP contribution in [-0.4, -0.2) is 0 Å². The van der Waals surface area contributed by atoms with E-state index in [-0.39, 0.29) is 0 Å². The number of hydrogen-bond donors (Lipinski definition) is 0. The third-order valence-electron chi connectivity index (χ3n) is 4.99. The van der Waals surface area contributed by atoms with Gasteiger partial charge in [-0.3, -0.25) is 0 Å². The predicted octanol–water partition coefficient (Wildman–Crippen LogP) is 2.96. The van der Waals surface area contributed by atoms with Crippen molar-refractivity contribution in [2.24, 2.45) is 0 Å². The summed E-state index contributed by atoms with van der Waals surface area (Å²) < 4.78 is 40.3. The molecule has 0 amide bonds. The van der Waals surface area contributed by atoms with Gasteiger partial charge in [0.25, 0.3) is 0 Å². The second-order valence-electron chi connectivity index (χ2n) is 7.25. The molecule has 164 valence electrons. The van der Waals surface area contributed by atoms with E-state index in [2.05, 4.69) is 91.0 Å². The van der Waals surface area contributed by atoms with Crippen LogP contribution in [-0.2, 0) is 0 Å². The molecule has 0 N–H and O–H groups in total. The minimum absolute atomic E-state index is 0.866. The summed E-state index contributed by atoms with van der Waals surface area (Å²) in [5.41, 5.74) is 4.47. The van der Waals surface area contributed by atoms with Gasteiger partial charge >= 0.3 is 11.5 Å². The number of rotatable bonds is 3. The molecule has 0 spiro atoms. The standard InChI is InChI=1S/C27H19O.ClHO4/c1-3-9-20(10-4-1)25-18-26(22-12-5-2-6-13-22)28-27(19-25)24-16-15-21-11-7-8-14-23(21)17-24;2-1(3,4)5/h1-19H;(H,2,3,4,5)/q+1;/p-1. The minimum atomic E-state index is -4.94. The monoisotopic (exact) mass is 458 g/mol. The van der Waals surface area contributed by atoms with Crippen LogP contribution in [0.5, 0.6) is 0 Å². The molecule has 6 heteroatoms. The van der Waals surface area contributed by atoms with Gasteiger partial charge in [0.05, 0.1) is 23.3 Å². The van der Waals surface area contributed by atoms with Gasteiger partial charge in [0.2, 0.25) is 0 Å². The molecule has 0 bridgehead atoms. The molecule has 0 saturated carbocycles. The van der Waals surface area contributed by atoms with Crippen LogP contribution in [0.3, 0.4) is 0 Å². The maximum atomic E-state index is 8.49. The first-order valence-corrected chi connectivity index (χ1v) is 11.3. The molecule has 1 heterocycles. The summed E-state index contributed by atoms with van der Waals surface area (Å²) in [5, 5.41) is 2.44. The Labute approximate surface area is 193 Å². The molecule has 0 aliphatic carbocycles. The number of benzene rings is 4. The van der Waals surface area contributed by atoms with Crippen LogP contribution in [0, 0.1) is 10.2 Å². The van der Waals surface area contributed by atoms with Crippen LogP contribution in [0.2, 0.25) is 0 Å². The molecule has 33 heavy (non-hydrogen) atoms. The van der Waals surface area contributed by atoms with E-state index in [1.807, 2.05) is 24.3 Å². The number of fused-ring (bicyclic) bond motifs is 1. The lowest BCUT2D eigenvalue weighted by Gasteiger charge is -2.17. The van der Waals surface area contributed by atoms with Crippen molar-refractivity contribution >= 4 is 10.8 Å². The van der Waals surface area contributed by atoms with E-state index in [9.17, 15) is 0 Å². The van der Waals surface area contributed by atoms with E-state index in [0.29, 0.717) is 0 Å². The van der Waals surface area contributed by atoms with Crippen molar-refractivity contribution in [3.05, 3.63) is 115 Å². The van der Waals surface area contributed by atoms with Gasteiger partial charge in [0, 0.05) is 5.56 Å². The number of halogens is 1. The second-order valence-corrected chi connectivity index (χ2v) is 8.00. The third-order valence-corrected chi connectivity index (χ3v) is 4.99. The molecule has 0 aliphatic heterocycles. The van der Waals surface area contributed by atoms with Crippen LogP contribution in [0.1, 0.15) is 0 Å². The quantitative estimate of drug-likeness (QED) is 0.387. The normalized spacial score (nSPS) is 11.0. The van der Waals surface area contributed by atoms with Gasteiger partial charge in [-0.05, 0) is 40.6 Å². The SMILES string of the molecule is [O-][Cl+3]([O-])([O-])[O-].c1ccc(-c2cc(-c3ccccc3)[o+]c(-c3ccc4ccccc4c3)c2)cc1. The lowest BCUT2D eigenvalue weighted by atomic mass is 10.0. The summed E-state index contributed by atoms with van der Waals surface area (Å²) >= 11 is 0. The van der Waals surface area contributed by atoms with Gasteiger partial charge in [-0.15, -0.1) is 10.2 Å². The van der Waals surface area contributed by atoms with E-state index in [1.54, 1.807) is 0 Å². The number of hydrogen-bond acceptors (Lipinski definition) is 4. The summed E-state index contributed by atoms with van der Waals surface area (Å²) in [6.07, 6.45) is 0. The molecule has 5 aromatic rings. The highest BCUT2D eigenvalue weighted by atomic mass is 35.7. The maximum Gasteiger partial charge on any atom is 0.361 e. The van der Waals surface area contributed by atoms with Crippen LogP contribution < -0.4 is 18.6 Å². The van der Waals surface area contributed by atoms with Gasteiger partial charge in [0.15, 0.2) is 0 Å². The van der Waals surface area contributed by atoms with Gasteiger partial charge in [-0.2, -0.15) is 0 Å². The van der Waals surface area contributed by atoms with Crippen molar-refractivity contribution in [2.75, 3.05) is 0 Å². The molecule has 0 radical (unpaired) electrons. The molecule has 0 saturated heterocycles. The Morgan fingerprint density at radius 2 is 0.909 bits per heavy atom. The zero-order chi connectivity index (χ0) is 23.3. The summed E-state index contributed by atoms with van der Waals surface area (Å²) in [6, 6.07) is 39.8. The van der Waals surface area contributed by atoms with Gasteiger partial charge in [-0.25, -0.2) is 23.1 Å². The second kappa shape index (κ2) is 9.92. The molecule has 1 aromatic heterocycles. The van der Waals surface area contributed by atoms with Crippen molar-refractivity contribution < 1.29 is 33.3 Å². The minimum Gasteiger partial charge on any atom is -0.222 e. The van der Waals surface area contributed by atoms with Crippen molar-refractivity contribution in [1.82, 2.24) is 0 Å². The Hall–Kier alpha value is -3.58. The van der Waals surface area contributed by atoms with Crippen molar-refractivity contribution in [1.29, 1.82) is 0 Å². The molecule has 5 nitrogen and oxygen atoms in total. The third kappa shape index (κ3) is 6.23. The van der Waals surface area contributed by atoms with Crippen molar-refractivity contribution in [2.45, 2.75) is 0 Å². The van der Waals surface area contributed by atoms with Gasteiger partial charge < -0.3 is 0 Å². The van der Waals surface area contributed by atoms with Crippen LogP contribution in [0.4, 0.5) is 0 Å². The highest BCUT2D eigenvalue weighted by Gasteiger charge is 2.20. The van der Waals surface area contributed by atoms with E-state index < -0.39 is 10.2 Å². The summed E-state index contributed by atoms with van der Waals surface area (Å²) in [4.78, 5) is 0. The Morgan fingerprint density at radius 3 is 1.52 bits per heavy atom. The molecular formula is C27H19ClO5. The highest BCUT2D eigenvalue weighted by Crippen LogP contribution is 2.33. The Bertz CT molecular complexity index is 1290. The zero-order valence-electron chi connectivity index (χ0n) is 17.4. The Balaban J connectivity index is 0.000000471. The maximum absolute atomic E-state index is 8.49. The van der Waals surface area contributed by atoms with E-state index in [0.717, 1.165) is 28.2 Å². The largest absolute Gasteiger partial charge is 0.361 e. The first kappa shape index (κ1) is 22.6. The van der Waals surface area contributed by atoms with Gasteiger partial charge in [-0.1, -0.05) is 78.9 Å². The van der Waals surface area contributed by atoms with Crippen LogP contribution >= 0.6 is 0 Å². The Kier molecular flexibility index (Phi) is 6.79. The molecule has 4 aromatic carbocycles. The molecule has 0 fully saturated rings. The topological polar surface area (TPSA) is 104 Å². The zero-order valence-corrected chi connectivity index (χ0v) is 18.1. The van der Waals surface area contributed by atoms with E-state index in [1.165, 1.54) is 16.3 Å². The average molecular weight is 459 g/mol. The predicted molar refractivity (Wildman–Crippen MR) is 117 cm³/mol. The molecule has 0 atom stereocenters. The summed E-state index contributed by atoms with van der Waals surface area (Å²) in [7, 11) is -4.94. The Morgan fingerprint density at radius 1 is 0.424 bits per heavy atom. The fourth-order valence-electron chi connectivity index (χ4n) is 3.53. The lowest BCUT2D eigenvalue weighted by molar-refractivity contribution is -2.00. The lowest BCUT2D eigenvalue weighted by Crippen LogP contribution is -2.68. The van der Waals surface area contributed by atoms with E-state index in [4.69, 9.17) is 23.1 Å². The van der Waals surface area contributed by atoms with Crippen molar-refractivity contribution in [3.8, 4) is 33.8 Å². The summed E-state index contributed by atoms with van der Waals surface area (Å²) in [6.45, 7) is 0. The highest BCUT2D eigenvalue weighted by molar-refractivity contribution is 5.87. The first-order valence-electron chi connectivity index (χ1n) is 10.1. The first-order chi connectivity index (χ1) is 15.9. The molecule has 5 rings (SSSR count). The van der Waals surface area contributed by atoms with Crippen molar-refractivity contribution in [3.63, 3.8) is 0 Å². The van der Waals surface area contributed by atoms with Crippen LogP contribution in [0.25, 0.3) is 44.5 Å². The van der Waals surface area contributed by atoms with Crippen LogP contribution in [0.15, 0.2) is 120 Å². The fourth-order valence-corrected chi connectivity index (χ4v) is 3.53. The summed E-state index contributed by atoms with van der Waals surface area (Å²) in [5.74, 6) is 1.73. The average Bonchev–Trinajstić information content (AvgIpc) is 2.83. The van der Waals surface area contributed by atoms with Gasteiger partial charge in [0.1, 0.15) is 0 Å². The smallest absolute Gasteiger partial charge is 0.222 e. The molecule has 0 aliphatic rings. The molecule has 0 unspecified atom stereocenters. The molecular weight excluding hydrogens is 440 g/mol. The fraction of sp³-hybridized carbons (Fsp3) is 0. The van der Waals surface area contributed by atoms with E-state index >= 15 is 0 Å².